The van der Waals surface area contributed by atoms with Crippen LogP contribution in [0.4, 0.5) is 5.69 Å². The maximum absolute atomic E-state index is 12.0. The van der Waals surface area contributed by atoms with Crippen LogP contribution in [0.2, 0.25) is 4.34 Å². The maximum atomic E-state index is 12.0. The topological polar surface area (TPSA) is 63.2 Å². The summed E-state index contributed by atoms with van der Waals surface area (Å²) in [7, 11) is -3.63. The Bertz CT molecular complexity index is 705. The first kappa shape index (κ1) is 14.0. The summed E-state index contributed by atoms with van der Waals surface area (Å²) in [6.07, 6.45) is 0. The molecule has 0 unspecified atom stereocenters. The molecule has 0 aliphatic carbocycles. The molecular weight excluding hydrogens is 306 g/mol. The molecular formula is C12H10ClNO3S2. The molecule has 2 aromatic rings. The Morgan fingerprint density at radius 3 is 2.26 bits per heavy atom. The highest BCUT2D eigenvalue weighted by Crippen LogP contribution is 2.27. The van der Waals surface area contributed by atoms with Crippen molar-refractivity contribution in [2.24, 2.45) is 0 Å². The Morgan fingerprint density at radius 2 is 1.79 bits per heavy atom. The van der Waals surface area contributed by atoms with Crippen LogP contribution in [-0.4, -0.2) is 14.2 Å². The zero-order valence-corrected chi connectivity index (χ0v) is 12.3. The van der Waals surface area contributed by atoms with Gasteiger partial charge in [0, 0.05) is 11.3 Å². The number of nitrogens with one attached hydrogen (secondary N) is 1. The van der Waals surface area contributed by atoms with E-state index in [-0.39, 0.29) is 9.99 Å². The van der Waals surface area contributed by atoms with Crippen molar-refractivity contribution >= 4 is 44.4 Å². The summed E-state index contributed by atoms with van der Waals surface area (Å²) in [6, 6.07) is 9.20. The van der Waals surface area contributed by atoms with Crippen LogP contribution in [0.5, 0.6) is 0 Å². The molecule has 0 bridgehead atoms. The summed E-state index contributed by atoms with van der Waals surface area (Å²) < 4.78 is 27.0. The van der Waals surface area contributed by atoms with Crippen molar-refractivity contribution in [2.45, 2.75) is 11.1 Å². The fourth-order valence-electron chi connectivity index (χ4n) is 1.42. The second kappa shape index (κ2) is 5.32. The molecule has 1 heterocycles. The van der Waals surface area contributed by atoms with Crippen molar-refractivity contribution in [3.05, 3.63) is 46.3 Å². The molecule has 0 fully saturated rings. The number of thiophene rings is 1. The molecule has 0 atom stereocenters. The van der Waals surface area contributed by atoms with Gasteiger partial charge in [-0.2, -0.15) is 0 Å². The summed E-state index contributed by atoms with van der Waals surface area (Å²) >= 11 is 6.70. The van der Waals surface area contributed by atoms with Crippen LogP contribution in [-0.2, 0) is 10.0 Å². The number of carbonyl (C=O) groups excluding carboxylic acids is 1. The molecule has 0 radical (unpaired) electrons. The Balaban J connectivity index is 2.23. The van der Waals surface area contributed by atoms with E-state index in [2.05, 4.69) is 4.72 Å². The first-order chi connectivity index (χ1) is 8.88. The number of rotatable bonds is 4. The van der Waals surface area contributed by atoms with Crippen molar-refractivity contribution in [1.82, 2.24) is 0 Å². The molecule has 1 N–H and O–H groups in total. The van der Waals surface area contributed by atoms with Crippen LogP contribution in [0.3, 0.4) is 0 Å². The minimum atomic E-state index is -3.63. The van der Waals surface area contributed by atoms with E-state index in [4.69, 9.17) is 11.6 Å². The van der Waals surface area contributed by atoms with Crippen LogP contribution >= 0.6 is 22.9 Å². The van der Waals surface area contributed by atoms with Crippen LogP contribution in [0.25, 0.3) is 0 Å². The molecule has 19 heavy (non-hydrogen) atoms. The number of carbonyl (C=O) groups is 1. The zero-order chi connectivity index (χ0) is 14.0. The number of hydrogen-bond donors (Lipinski definition) is 1. The van der Waals surface area contributed by atoms with Gasteiger partial charge in [-0.3, -0.25) is 9.52 Å². The quantitative estimate of drug-likeness (QED) is 0.879. The molecule has 0 amide bonds. The van der Waals surface area contributed by atoms with Gasteiger partial charge in [0.1, 0.15) is 4.21 Å². The minimum absolute atomic E-state index is 0.0700. The number of sulfonamides is 1. The highest BCUT2D eigenvalue weighted by atomic mass is 35.5. The van der Waals surface area contributed by atoms with Crippen molar-refractivity contribution in [1.29, 1.82) is 0 Å². The van der Waals surface area contributed by atoms with E-state index in [0.29, 0.717) is 15.6 Å². The third-order valence-electron chi connectivity index (χ3n) is 2.36. The predicted octanol–water partition coefficient (Wildman–Crippen LogP) is 3.40. The lowest BCUT2D eigenvalue weighted by molar-refractivity contribution is 0.101. The van der Waals surface area contributed by atoms with Crippen molar-refractivity contribution in [3.63, 3.8) is 0 Å². The van der Waals surface area contributed by atoms with Gasteiger partial charge in [-0.15, -0.1) is 11.3 Å². The molecule has 0 aliphatic heterocycles. The van der Waals surface area contributed by atoms with Gasteiger partial charge in [-0.25, -0.2) is 8.42 Å². The highest BCUT2D eigenvalue weighted by Gasteiger charge is 2.16. The third-order valence-corrected chi connectivity index (χ3v) is 5.46. The Labute approximate surface area is 120 Å². The highest BCUT2D eigenvalue weighted by molar-refractivity contribution is 7.94. The number of anilines is 1. The lowest BCUT2D eigenvalue weighted by Crippen LogP contribution is -2.11. The second-order valence-electron chi connectivity index (χ2n) is 3.80. The molecule has 4 nitrogen and oxygen atoms in total. The molecule has 0 saturated carbocycles. The standard InChI is InChI=1S/C12H10ClNO3S2/c1-8(15)9-2-4-10(5-3-9)14-19(16,17)12-7-6-11(13)18-12/h2-7,14H,1H3. The first-order valence-corrected chi connectivity index (χ1v) is 7.95. The van der Waals surface area contributed by atoms with Gasteiger partial charge < -0.3 is 0 Å². The van der Waals surface area contributed by atoms with Crippen LogP contribution < -0.4 is 4.72 Å². The Morgan fingerprint density at radius 1 is 1.16 bits per heavy atom. The summed E-state index contributed by atoms with van der Waals surface area (Å²) in [6.45, 7) is 1.45. The van der Waals surface area contributed by atoms with E-state index >= 15 is 0 Å². The molecule has 100 valence electrons. The van der Waals surface area contributed by atoms with Crippen LogP contribution in [0, 0.1) is 0 Å². The van der Waals surface area contributed by atoms with Gasteiger partial charge in [0.2, 0.25) is 0 Å². The molecule has 1 aromatic heterocycles. The molecule has 1 aromatic carbocycles. The minimum Gasteiger partial charge on any atom is -0.295 e. The van der Waals surface area contributed by atoms with Gasteiger partial charge >= 0.3 is 0 Å². The lowest BCUT2D eigenvalue weighted by atomic mass is 10.1. The number of ketones is 1. The van der Waals surface area contributed by atoms with Gasteiger partial charge in [0.15, 0.2) is 5.78 Å². The number of hydrogen-bond acceptors (Lipinski definition) is 4. The first-order valence-electron chi connectivity index (χ1n) is 5.27. The smallest absolute Gasteiger partial charge is 0.271 e. The van der Waals surface area contributed by atoms with E-state index < -0.39 is 10.0 Å². The molecule has 2 rings (SSSR count). The fourth-order valence-corrected chi connectivity index (χ4v) is 3.96. The zero-order valence-electron chi connectivity index (χ0n) is 9.88. The summed E-state index contributed by atoms with van der Waals surface area (Å²) in [5, 5.41) is 0. The average Bonchev–Trinajstić information content (AvgIpc) is 2.77. The van der Waals surface area contributed by atoms with Gasteiger partial charge in [-0.05, 0) is 43.3 Å². The normalized spacial score (nSPS) is 11.3. The molecule has 7 heteroatoms. The third kappa shape index (κ3) is 3.34. The fraction of sp³-hybridized carbons (Fsp3) is 0.0833. The summed E-state index contributed by atoms with van der Waals surface area (Å²) in [5.74, 6) is -0.0700. The molecule has 0 aliphatic rings. The molecule has 0 saturated heterocycles. The van der Waals surface area contributed by atoms with E-state index in [1.54, 1.807) is 24.3 Å². The van der Waals surface area contributed by atoms with E-state index in [1.807, 2.05) is 0 Å². The monoisotopic (exact) mass is 315 g/mol. The van der Waals surface area contributed by atoms with Crippen molar-refractivity contribution in [3.8, 4) is 0 Å². The Kier molecular flexibility index (Phi) is 3.93. The number of benzene rings is 1. The van der Waals surface area contributed by atoms with E-state index in [1.165, 1.54) is 19.1 Å². The van der Waals surface area contributed by atoms with Gasteiger partial charge in [0.05, 0.1) is 4.34 Å². The van der Waals surface area contributed by atoms with Crippen LogP contribution in [0.1, 0.15) is 17.3 Å². The van der Waals surface area contributed by atoms with Crippen LogP contribution in [0.15, 0.2) is 40.6 Å². The average molecular weight is 316 g/mol. The SMILES string of the molecule is CC(=O)c1ccc(NS(=O)(=O)c2ccc(Cl)s2)cc1. The van der Waals surface area contributed by atoms with Gasteiger partial charge in [0.25, 0.3) is 10.0 Å². The number of Topliss-reactive ketones (excluding diaryl/α,β-unsaturated/α-hetero) is 1. The van der Waals surface area contributed by atoms with Crippen molar-refractivity contribution < 1.29 is 13.2 Å². The van der Waals surface area contributed by atoms with Gasteiger partial charge in [-0.1, -0.05) is 11.6 Å². The maximum Gasteiger partial charge on any atom is 0.271 e. The lowest BCUT2D eigenvalue weighted by Gasteiger charge is -2.06. The van der Waals surface area contributed by atoms with E-state index in [0.717, 1.165) is 11.3 Å². The number of halogens is 1. The summed E-state index contributed by atoms with van der Waals surface area (Å²) in [5.41, 5.74) is 0.927. The second-order valence-corrected chi connectivity index (χ2v) is 7.42. The largest absolute Gasteiger partial charge is 0.295 e. The van der Waals surface area contributed by atoms with Crippen molar-refractivity contribution in [2.75, 3.05) is 4.72 Å². The van der Waals surface area contributed by atoms with E-state index in [9.17, 15) is 13.2 Å². The predicted molar refractivity (Wildman–Crippen MR) is 76.6 cm³/mol. The summed E-state index contributed by atoms with van der Waals surface area (Å²) in [4.78, 5) is 11.1. The Hall–Kier alpha value is -1.37. The molecule has 0 spiro atoms.